The molecule has 0 radical (unpaired) electrons. The lowest BCUT2D eigenvalue weighted by Gasteiger charge is -2.08. The van der Waals surface area contributed by atoms with E-state index in [0.29, 0.717) is 28.0 Å². The number of nitriles is 1. The quantitative estimate of drug-likeness (QED) is 0.494. The minimum absolute atomic E-state index is 0.0349. The van der Waals surface area contributed by atoms with Crippen molar-refractivity contribution < 1.29 is 10.2 Å². The number of aromatic nitrogens is 2. The maximum atomic E-state index is 10.4. The fourth-order valence-corrected chi connectivity index (χ4v) is 2.87. The molecule has 1 heterocycles. The van der Waals surface area contributed by atoms with Gasteiger partial charge in [0, 0.05) is 5.56 Å². The molecule has 2 N–H and O–H groups in total. The number of para-hydroxylation sites is 2. The number of hydrogen-bond acceptors (Lipinski definition) is 7. The van der Waals surface area contributed by atoms with E-state index in [4.69, 9.17) is 0 Å². The van der Waals surface area contributed by atoms with Crippen LogP contribution < -0.4 is 0 Å². The molecule has 0 amide bonds. The molecule has 0 aliphatic heterocycles. The number of hydrogen-bond donors (Lipinski definition) is 2. The molecule has 0 spiro atoms. The average molecular weight is 381 g/mol. The lowest BCUT2D eigenvalue weighted by atomic mass is 10.1. The Kier molecular flexibility index (Phi) is 4.93. The summed E-state index contributed by atoms with van der Waals surface area (Å²) in [6.07, 6.45) is 0. The standard InChI is InChI=1S/C22H15N5O2/c23-12-20-22(25-19-7-2-1-6-18(19)24-20)17-11-16(8-9-21(17)29)27-26-15-5-3-4-14(10-15)13-28/h1-11,28-29H,13H2/b27-26+. The van der Waals surface area contributed by atoms with Gasteiger partial charge in [-0.15, -0.1) is 0 Å². The summed E-state index contributed by atoms with van der Waals surface area (Å²) in [7, 11) is 0. The van der Waals surface area contributed by atoms with Crippen LogP contribution in [0.1, 0.15) is 11.3 Å². The first-order valence-electron chi connectivity index (χ1n) is 8.80. The van der Waals surface area contributed by atoms with Gasteiger partial charge >= 0.3 is 0 Å². The van der Waals surface area contributed by atoms with Crippen molar-refractivity contribution in [1.82, 2.24) is 9.97 Å². The predicted molar refractivity (Wildman–Crippen MR) is 108 cm³/mol. The van der Waals surface area contributed by atoms with Crippen LogP contribution in [0.5, 0.6) is 5.75 Å². The third-order valence-electron chi connectivity index (χ3n) is 4.29. The van der Waals surface area contributed by atoms with Gasteiger partial charge in [-0.3, -0.25) is 0 Å². The first-order valence-corrected chi connectivity index (χ1v) is 8.80. The second-order valence-corrected chi connectivity index (χ2v) is 6.25. The fraction of sp³-hybridized carbons (Fsp3) is 0.0455. The molecule has 0 unspecified atom stereocenters. The lowest BCUT2D eigenvalue weighted by molar-refractivity contribution is 0.282. The number of fused-ring (bicyclic) bond motifs is 1. The molecule has 29 heavy (non-hydrogen) atoms. The highest BCUT2D eigenvalue weighted by Gasteiger charge is 2.15. The molecular weight excluding hydrogens is 366 g/mol. The maximum Gasteiger partial charge on any atom is 0.167 e. The van der Waals surface area contributed by atoms with Crippen molar-refractivity contribution in [3.05, 3.63) is 78.0 Å². The predicted octanol–water partition coefficient (Wildman–Crippen LogP) is 4.78. The minimum atomic E-state index is -0.0791. The number of aliphatic hydroxyl groups is 1. The second-order valence-electron chi connectivity index (χ2n) is 6.25. The molecule has 0 aliphatic rings. The van der Waals surface area contributed by atoms with Gasteiger partial charge < -0.3 is 10.2 Å². The van der Waals surface area contributed by atoms with Gasteiger partial charge in [0.2, 0.25) is 0 Å². The van der Waals surface area contributed by atoms with Crippen LogP contribution in [0, 0.1) is 11.3 Å². The molecule has 0 atom stereocenters. The van der Waals surface area contributed by atoms with Crippen LogP contribution in [0.15, 0.2) is 77.0 Å². The van der Waals surface area contributed by atoms with Gasteiger partial charge in [-0.05, 0) is 48.0 Å². The van der Waals surface area contributed by atoms with E-state index < -0.39 is 0 Å². The smallest absolute Gasteiger partial charge is 0.167 e. The van der Waals surface area contributed by atoms with Gasteiger partial charge in [-0.2, -0.15) is 15.5 Å². The van der Waals surface area contributed by atoms with Crippen molar-refractivity contribution in [2.24, 2.45) is 10.2 Å². The monoisotopic (exact) mass is 381 g/mol. The Labute approximate surface area is 166 Å². The average Bonchev–Trinajstić information content (AvgIpc) is 2.77. The Hall–Kier alpha value is -4.15. The molecular formula is C22H15N5O2. The fourth-order valence-electron chi connectivity index (χ4n) is 2.87. The Morgan fingerprint density at radius 3 is 2.31 bits per heavy atom. The van der Waals surface area contributed by atoms with Gasteiger partial charge in [0.25, 0.3) is 0 Å². The SMILES string of the molecule is N#Cc1nc2ccccc2nc1-c1cc(/N=N/c2cccc(CO)c2)ccc1O. The molecule has 1 aromatic heterocycles. The van der Waals surface area contributed by atoms with E-state index in [0.717, 1.165) is 5.56 Å². The van der Waals surface area contributed by atoms with Crippen molar-refractivity contribution >= 4 is 22.4 Å². The van der Waals surface area contributed by atoms with Crippen LogP contribution in [0.4, 0.5) is 11.4 Å². The summed E-state index contributed by atoms with van der Waals surface area (Å²) in [5, 5.41) is 37.5. The number of rotatable bonds is 4. The number of phenolic OH excluding ortho intramolecular Hbond substituents is 1. The Balaban J connectivity index is 1.77. The highest BCUT2D eigenvalue weighted by molar-refractivity contribution is 5.82. The number of nitrogens with zero attached hydrogens (tertiary/aromatic N) is 5. The van der Waals surface area contributed by atoms with Gasteiger partial charge in [0.1, 0.15) is 17.5 Å². The highest BCUT2D eigenvalue weighted by atomic mass is 16.3. The first kappa shape index (κ1) is 18.2. The van der Waals surface area contributed by atoms with Gasteiger partial charge in [0.05, 0.1) is 29.0 Å². The van der Waals surface area contributed by atoms with E-state index in [2.05, 4.69) is 20.2 Å². The van der Waals surface area contributed by atoms with Crippen LogP contribution in [0.3, 0.4) is 0 Å². The molecule has 4 rings (SSSR count). The summed E-state index contributed by atoms with van der Waals surface area (Å²) in [5.74, 6) is -0.0349. The van der Waals surface area contributed by atoms with E-state index >= 15 is 0 Å². The van der Waals surface area contributed by atoms with Crippen molar-refractivity contribution in [2.75, 3.05) is 0 Å². The third kappa shape index (κ3) is 3.78. The number of benzene rings is 3. The summed E-state index contributed by atoms with van der Waals surface area (Å²) < 4.78 is 0. The van der Waals surface area contributed by atoms with Crippen molar-refractivity contribution in [3.63, 3.8) is 0 Å². The van der Waals surface area contributed by atoms with Crippen LogP contribution >= 0.6 is 0 Å². The largest absolute Gasteiger partial charge is 0.507 e. The molecule has 7 nitrogen and oxygen atoms in total. The Morgan fingerprint density at radius 1 is 0.862 bits per heavy atom. The number of aliphatic hydroxyl groups excluding tert-OH is 1. The summed E-state index contributed by atoms with van der Waals surface area (Å²) in [4.78, 5) is 8.86. The van der Waals surface area contributed by atoms with E-state index in [-0.39, 0.29) is 23.7 Å². The van der Waals surface area contributed by atoms with Crippen LogP contribution in [0.2, 0.25) is 0 Å². The molecule has 4 aromatic rings. The molecule has 0 aliphatic carbocycles. The highest BCUT2D eigenvalue weighted by Crippen LogP contribution is 2.34. The summed E-state index contributed by atoms with van der Waals surface area (Å²) >= 11 is 0. The third-order valence-corrected chi connectivity index (χ3v) is 4.29. The Bertz CT molecular complexity index is 1280. The van der Waals surface area contributed by atoms with E-state index in [1.54, 1.807) is 48.5 Å². The molecule has 0 saturated carbocycles. The number of azo groups is 1. The first-order chi connectivity index (χ1) is 14.2. The number of phenols is 1. The van der Waals surface area contributed by atoms with Crippen LogP contribution in [-0.4, -0.2) is 20.2 Å². The molecule has 140 valence electrons. The van der Waals surface area contributed by atoms with Crippen molar-refractivity contribution in [1.29, 1.82) is 5.26 Å². The summed E-state index contributed by atoms with van der Waals surface area (Å²) in [5.41, 5.74) is 3.77. The summed E-state index contributed by atoms with van der Waals surface area (Å²) in [6, 6.07) is 21.0. The van der Waals surface area contributed by atoms with Crippen molar-refractivity contribution in [3.8, 4) is 23.1 Å². The number of aromatic hydroxyl groups is 1. The molecule has 7 heteroatoms. The second kappa shape index (κ2) is 7.84. The zero-order valence-corrected chi connectivity index (χ0v) is 15.2. The molecule has 0 fully saturated rings. The Morgan fingerprint density at radius 2 is 1.59 bits per heavy atom. The molecule has 3 aromatic carbocycles. The molecule has 0 saturated heterocycles. The molecule has 0 bridgehead atoms. The van der Waals surface area contributed by atoms with Gasteiger partial charge in [-0.1, -0.05) is 24.3 Å². The van der Waals surface area contributed by atoms with E-state index in [1.165, 1.54) is 6.07 Å². The van der Waals surface area contributed by atoms with E-state index in [9.17, 15) is 15.5 Å². The van der Waals surface area contributed by atoms with E-state index in [1.807, 2.05) is 18.2 Å². The lowest BCUT2D eigenvalue weighted by Crippen LogP contribution is -1.95. The normalized spacial score (nSPS) is 11.0. The van der Waals surface area contributed by atoms with Crippen LogP contribution in [0.25, 0.3) is 22.3 Å². The summed E-state index contributed by atoms with van der Waals surface area (Å²) in [6.45, 7) is -0.0791. The topological polar surface area (TPSA) is 115 Å². The zero-order valence-electron chi connectivity index (χ0n) is 15.2. The maximum absolute atomic E-state index is 10.4. The zero-order chi connectivity index (χ0) is 20.2. The van der Waals surface area contributed by atoms with Crippen molar-refractivity contribution in [2.45, 2.75) is 6.61 Å². The van der Waals surface area contributed by atoms with Gasteiger partial charge in [0.15, 0.2) is 5.69 Å². The minimum Gasteiger partial charge on any atom is -0.507 e. The van der Waals surface area contributed by atoms with Gasteiger partial charge in [-0.25, -0.2) is 9.97 Å². The van der Waals surface area contributed by atoms with Crippen LogP contribution in [-0.2, 0) is 6.61 Å².